The van der Waals surface area contributed by atoms with Crippen molar-refractivity contribution in [3.8, 4) is 0 Å². The Hall–Kier alpha value is -2.51. The summed E-state index contributed by atoms with van der Waals surface area (Å²) in [5.74, 6) is 0.0939. The van der Waals surface area contributed by atoms with E-state index < -0.39 is 0 Å². The van der Waals surface area contributed by atoms with Crippen molar-refractivity contribution in [3.63, 3.8) is 0 Å². The third kappa shape index (κ3) is 4.41. The highest BCUT2D eigenvalue weighted by Gasteiger charge is 2.25. The predicted octanol–water partition coefficient (Wildman–Crippen LogP) is 4.04. The second-order valence-corrected chi connectivity index (χ2v) is 8.96. The average molecular weight is 431 g/mol. The van der Waals surface area contributed by atoms with Gasteiger partial charge in [0.05, 0.1) is 16.8 Å². The van der Waals surface area contributed by atoms with Crippen LogP contribution in [-0.2, 0) is 11.2 Å². The van der Waals surface area contributed by atoms with E-state index in [2.05, 4.69) is 10.3 Å². The summed E-state index contributed by atoms with van der Waals surface area (Å²) >= 11 is 7.44. The summed E-state index contributed by atoms with van der Waals surface area (Å²) in [5.41, 5.74) is 2.05. The fourth-order valence-corrected chi connectivity index (χ4v) is 4.68. The maximum atomic E-state index is 12.7. The number of thiophene rings is 1. The normalized spacial score (nSPS) is 15.5. The van der Waals surface area contributed by atoms with Crippen molar-refractivity contribution in [1.82, 2.24) is 20.1 Å². The lowest BCUT2D eigenvalue weighted by atomic mass is 10.1. The third-order valence-corrected chi connectivity index (χ3v) is 6.71. The van der Waals surface area contributed by atoms with Gasteiger partial charge in [0.25, 0.3) is 0 Å². The first-order valence-electron chi connectivity index (χ1n) is 9.64. The number of H-pyrrole nitrogens is 1. The van der Waals surface area contributed by atoms with Crippen LogP contribution in [0.1, 0.15) is 23.4 Å². The van der Waals surface area contributed by atoms with E-state index in [4.69, 9.17) is 11.6 Å². The van der Waals surface area contributed by atoms with Crippen molar-refractivity contribution >= 4 is 45.8 Å². The van der Waals surface area contributed by atoms with Crippen molar-refractivity contribution in [2.45, 2.75) is 19.4 Å². The van der Waals surface area contributed by atoms with Gasteiger partial charge >= 0.3 is 6.03 Å². The number of benzene rings is 1. The van der Waals surface area contributed by atoms with E-state index in [0.29, 0.717) is 36.9 Å². The SMILES string of the molecule is CC(NC(=O)N1CCN(C(=O)Cc2c[nH]c3ccccc23)CC1)c1ccc(Cl)s1. The van der Waals surface area contributed by atoms with Crippen LogP contribution in [0.25, 0.3) is 10.9 Å². The maximum absolute atomic E-state index is 12.7. The third-order valence-electron chi connectivity index (χ3n) is 5.30. The molecule has 1 aliphatic heterocycles. The zero-order valence-electron chi connectivity index (χ0n) is 16.2. The summed E-state index contributed by atoms with van der Waals surface area (Å²) in [4.78, 5) is 33.1. The summed E-state index contributed by atoms with van der Waals surface area (Å²) < 4.78 is 0.712. The first-order valence-corrected chi connectivity index (χ1v) is 10.8. The molecule has 0 aliphatic carbocycles. The van der Waals surface area contributed by atoms with Gasteiger partial charge in [-0.15, -0.1) is 11.3 Å². The number of hydrogen-bond donors (Lipinski definition) is 2. The number of hydrogen-bond acceptors (Lipinski definition) is 3. The molecule has 3 amide bonds. The van der Waals surface area contributed by atoms with E-state index in [1.807, 2.05) is 54.4 Å². The summed E-state index contributed by atoms with van der Waals surface area (Å²) in [6.45, 7) is 4.11. The first kappa shape index (κ1) is 19.8. The number of para-hydroxylation sites is 1. The molecule has 1 atom stereocenters. The van der Waals surface area contributed by atoms with Crippen LogP contribution in [0.4, 0.5) is 4.79 Å². The fourth-order valence-electron chi connectivity index (χ4n) is 3.62. The molecule has 0 saturated carbocycles. The number of nitrogens with zero attached hydrogens (tertiary/aromatic N) is 2. The second-order valence-electron chi connectivity index (χ2n) is 7.22. The molecule has 1 fully saturated rings. The molecule has 0 bridgehead atoms. The Labute approximate surface area is 178 Å². The van der Waals surface area contributed by atoms with E-state index in [1.165, 1.54) is 11.3 Å². The number of aromatic nitrogens is 1. The van der Waals surface area contributed by atoms with E-state index >= 15 is 0 Å². The minimum Gasteiger partial charge on any atom is -0.361 e. The lowest BCUT2D eigenvalue weighted by Gasteiger charge is -2.35. The van der Waals surface area contributed by atoms with Crippen molar-refractivity contribution in [2.24, 2.45) is 0 Å². The number of piperazine rings is 1. The van der Waals surface area contributed by atoms with Gasteiger partial charge < -0.3 is 20.1 Å². The van der Waals surface area contributed by atoms with Gasteiger partial charge in [-0.3, -0.25) is 4.79 Å². The van der Waals surface area contributed by atoms with Crippen LogP contribution in [0.3, 0.4) is 0 Å². The molecule has 2 aromatic heterocycles. The Morgan fingerprint density at radius 2 is 1.86 bits per heavy atom. The molecular formula is C21H23ClN4O2S. The van der Waals surface area contributed by atoms with E-state index in [1.54, 1.807) is 4.90 Å². The molecule has 0 spiro atoms. The van der Waals surface area contributed by atoms with Crippen LogP contribution in [-0.4, -0.2) is 52.9 Å². The van der Waals surface area contributed by atoms with Gasteiger partial charge in [0.1, 0.15) is 0 Å². The minimum absolute atomic E-state index is 0.0939. The number of amides is 3. The number of fused-ring (bicyclic) bond motifs is 1. The van der Waals surface area contributed by atoms with Crippen LogP contribution in [0.15, 0.2) is 42.6 Å². The van der Waals surface area contributed by atoms with Crippen LogP contribution in [0.2, 0.25) is 4.34 Å². The zero-order chi connectivity index (χ0) is 20.4. The first-order chi connectivity index (χ1) is 14.0. The number of nitrogens with one attached hydrogen (secondary N) is 2. The molecule has 4 rings (SSSR count). The Balaban J connectivity index is 1.29. The fraction of sp³-hybridized carbons (Fsp3) is 0.333. The molecule has 1 saturated heterocycles. The Morgan fingerprint density at radius 3 is 2.59 bits per heavy atom. The van der Waals surface area contributed by atoms with Crippen LogP contribution < -0.4 is 5.32 Å². The average Bonchev–Trinajstić information content (AvgIpc) is 3.35. The van der Waals surface area contributed by atoms with Crippen molar-refractivity contribution in [1.29, 1.82) is 0 Å². The molecule has 29 heavy (non-hydrogen) atoms. The largest absolute Gasteiger partial charge is 0.361 e. The highest BCUT2D eigenvalue weighted by atomic mass is 35.5. The number of carbonyl (C=O) groups excluding carboxylic acids is 2. The lowest BCUT2D eigenvalue weighted by Crippen LogP contribution is -2.53. The topological polar surface area (TPSA) is 68.4 Å². The summed E-state index contributed by atoms with van der Waals surface area (Å²) in [6.07, 6.45) is 2.27. The molecule has 6 nitrogen and oxygen atoms in total. The monoisotopic (exact) mass is 430 g/mol. The van der Waals surface area contributed by atoms with Gasteiger partial charge in [0.15, 0.2) is 0 Å². The zero-order valence-corrected chi connectivity index (χ0v) is 17.7. The van der Waals surface area contributed by atoms with Gasteiger partial charge in [-0.2, -0.15) is 0 Å². The molecule has 8 heteroatoms. The predicted molar refractivity (Wildman–Crippen MR) is 116 cm³/mol. The second kappa shape index (κ2) is 8.47. The molecule has 152 valence electrons. The number of urea groups is 1. The van der Waals surface area contributed by atoms with Gasteiger partial charge in [0.2, 0.25) is 5.91 Å². The molecular weight excluding hydrogens is 408 g/mol. The number of aromatic amines is 1. The lowest BCUT2D eigenvalue weighted by molar-refractivity contribution is -0.131. The van der Waals surface area contributed by atoms with Crippen molar-refractivity contribution < 1.29 is 9.59 Å². The molecule has 1 unspecified atom stereocenters. The van der Waals surface area contributed by atoms with E-state index in [-0.39, 0.29) is 18.0 Å². The number of halogens is 1. The minimum atomic E-state index is -0.106. The van der Waals surface area contributed by atoms with Crippen molar-refractivity contribution in [2.75, 3.05) is 26.2 Å². The molecule has 1 aliphatic rings. The van der Waals surface area contributed by atoms with Gasteiger partial charge in [-0.25, -0.2) is 4.79 Å². The van der Waals surface area contributed by atoms with Crippen LogP contribution >= 0.6 is 22.9 Å². The standard InChI is InChI=1S/C21H23ClN4O2S/c1-14(18-6-7-19(22)29-18)24-21(28)26-10-8-25(9-11-26)20(27)12-15-13-23-17-5-3-2-4-16(15)17/h2-7,13-14,23H,8-12H2,1H3,(H,24,28). The highest BCUT2D eigenvalue weighted by Crippen LogP contribution is 2.26. The van der Waals surface area contributed by atoms with Gasteiger partial charge in [-0.05, 0) is 30.7 Å². The van der Waals surface area contributed by atoms with Crippen molar-refractivity contribution in [3.05, 3.63) is 57.4 Å². The quantitative estimate of drug-likeness (QED) is 0.655. The van der Waals surface area contributed by atoms with Gasteiger partial charge in [0, 0.05) is 48.2 Å². The summed E-state index contributed by atoms with van der Waals surface area (Å²) in [6, 6.07) is 11.5. The summed E-state index contributed by atoms with van der Waals surface area (Å²) in [5, 5.41) is 4.10. The Kier molecular flexibility index (Phi) is 5.78. The molecule has 2 N–H and O–H groups in total. The van der Waals surface area contributed by atoms with Crippen LogP contribution in [0.5, 0.6) is 0 Å². The maximum Gasteiger partial charge on any atom is 0.318 e. The Morgan fingerprint density at radius 1 is 1.14 bits per heavy atom. The smallest absolute Gasteiger partial charge is 0.318 e. The number of rotatable bonds is 4. The molecule has 3 aromatic rings. The number of carbonyl (C=O) groups is 2. The summed E-state index contributed by atoms with van der Waals surface area (Å²) in [7, 11) is 0. The molecule has 1 aromatic carbocycles. The molecule has 3 heterocycles. The van der Waals surface area contributed by atoms with Gasteiger partial charge in [-0.1, -0.05) is 29.8 Å². The van der Waals surface area contributed by atoms with Crippen LogP contribution in [0, 0.1) is 0 Å². The van der Waals surface area contributed by atoms with E-state index in [0.717, 1.165) is 21.3 Å². The van der Waals surface area contributed by atoms with E-state index in [9.17, 15) is 9.59 Å². The highest BCUT2D eigenvalue weighted by molar-refractivity contribution is 7.16. The Bertz CT molecular complexity index is 1020. The molecule has 0 radical (unpaired) electrons.